The maximum atomic E-state index is 12.0. The third-order valence-electron chi connectivity index (χ3n) is 1.95. The van der Waals surface area contributed by atoms with Crippen LogP contribution in [-0.4, -0.2) is 15.0 Å². The van der Waals surface area contributed by atoms with Gasteiger partial charge in [0, 0.05) is 10.7 Å². The highest BCUT2D eigenvalue weighted by Gasteiger charge is 2.17. The second-order valence-electron chi connectivity index (χ2n) is 3.20. The van der Waals surface area contributed by atoms with Crippen LogP contribution < -0.4 is 4.74 Å². The Morgan fingerprint density at radius 1 is 1.25 bits per heavy atom. The van der Waals surface area contributed by atoms with E-state index in [4.69, 9.17) is 10.7 Å². The summed E-state index contributed by atoms with van der Waals surface area (Å²) in [4.78, 5) is -0.103. The van der Waals surface area contributed by atoms with Crippen LogP contribution in [0.4, 0.5) is 8.78 Å². The van der Waals surface area contributed by atoms with E-state index in [1.807, 2.05) is 0 Å². The number of alkyl halides is 2. The normalized spacial score (nSPS) is 11.9. The molecule has 3 nitrogen and oxygen atoms in total. The Labute approximate surface area is 96.4 Å². The lowest BCUT2D eigenvalue weighted by Gasteiger charge is -2.10. The standard InChI is InChI=1S/C9H9ClF2O3S/c1-5-4-8(16(10,13)14)6(2)3-7(5)15-9(11)12/h3-4,9H,1-2H3. The summed E-state index contributed by atoms with van der Waals surface area (Å²) < 4.78 is 50.5. The third kappa shape index (κ3) is 3.05. The van der Waals surface area contributed by atoms with E-state index >= 15 is 0 Å². The van der Waals surface area contributed by atoms with Crippen molar-refractivity contribution in [3.05, 3.63) is 23.3 Å². The first kappa shape index (κ1) is 13.2. The molecule has 1 aromatic rings. The summed E-state index contributed by atoms with van der Waals surface area (Å²) in [7, 11) is 1.31. The van der Waals surface area contributed by atoms with Gasteiger partial charge in [-0.2, -0.15) is 8.78 Å². The van der Waals surface area contributed by atoms with Gasteiger partial charge in [0.2, 0.25) is 0 Å². The maximum Gasteiger partial charge on any atom is 0.387 e. The summed E-state index contributed by atoms with van der Waals surface area (Å²) in [5.41, 5.74) is 0.543. The molecule has 90 valence electrons. The Hall–Kier alpha value is -0.880. The van der Waals surface area contributed by atoms with E-state index in [1.165, 1.54) is 26.0 Å². The largest absolute Gasteiger partial charge is 0.435 e. The number of benzene rings is 1. The van der Waals surface area contributed by atoms with Crippen LogP contribution in [0.1, 0.15) is 11.1 Å². The van der Waals surface area contributed by atoms with Crippen LogP contribution in [0.25, 0.3) is 0 Å². The first-order valence-electron chi connectivity index (χ1n) is 4.22. The lowest BCUT2D eigenvalue weighted by atomic mass is 10.1. The summed E-state index contributed by atoms with van der Waals surface area (Å²) in [5.74, 6) is -0.0587. The van der Waals surface area contributed by atoms with Gasteiger partial charge in [-0.05, 0) is 37.1 Å². The molecule has 0 spiro atoms. The minimum atomic E-state index is -3.87. The van der Waals surface area contributed by atoms with Gasteiger partial charge in [-0.3, -0.25) is 0 Å². The molecule has 0 saturated carbocycles. The fourth-order valence-corrected chi connectivity index (χ4v) is 2.51. The summed E-state index contributed by atoms with van der Waals surface area (Å²) in [5, 5.41) is 0. The molecule has 1 aromatic carbocycles. The first-order chi connectivity index (χ1) is 7.21. The topological polar surface area (TPSA) is 43.4 Å². The zero-order chi connectivity index (χ0) is 12.5. The summed E-state index contributed by atoms with van der Waals surface area (Å²) in [6.45, 7) is -0.0352. The number of hydrogen-bond donors (Lipinski definition) is 0. The monoisotopic (exact) mass is 270 g/mol. The van der Waals surface area contributed by atoms with E-state index in [1.54, 1.807) is 0 Å². The zero-order valence-corrected chi connectivity index (χ0v) is 10.1. The van der Waals surface area contributed by atoms with Crippen molar-refractivity contribution in [3.63, 3.8) is 0 Å². The molecular weight excluding hydrogens is 262 g/mol. The van der Waals surface area contributed by atoms with E-state index < -0.39 is 15.7 Å². The summed E-state index contributed by atoms with van der Waals surface area (Å²) in [6, 6.07) is 2.42. The molecule has 0 amide bonds. The van der Waals surface area contributed by atoms with Crippen LogP contribution in [0.2, 0.25) is 0 Å². The molecule has 0 aliphatic heterocycles. The van der Waals surface area contributed by atoms with Crippen LogP contribution in [0.15, 0.2) is 17.0 Å². The molecule has 0 aliphatic rings. The molecule has 1 rings (SSSR count). The minimum Gasteiger partial charge on any atom is -0.435 e. The van der Waals surface area contributed by atoms with E-state index in [0.29, 0.717) is 0 Å². The third-order valence-corrected chi connectivity index (χ3v) is 3.42. The molecular formula is C9H9ClF2O3S. The Balaban J connectivity index is 3.28. The van der Waals surface area contributed by atoms with Gasteiger partial charge in [-0.1, -0.05) is 0 Å². The first-order valence-corrected chi connectivity index (χ1v) is 6.53. The predicted molar refractivity (Wildman–Crippen MR) is 55.6 cm³/mol. The molecule has 0 atom stereocenters. The van der Waals surface area contributed by atoms with Crippen LogP contribution in [-0.2, 0) is 9.05 Å². The molecule has 7 heteroatoms. The average Bonchev–Trinajstić information content (AvgIpc) is 2.07. The van der Waals surface area contributed by atoms with Crippen molar-refractivity contribution in [2.24, 2.45) is 0 Å². The van der Waals surface area contributed by atoms with Crippen molar-refractivity contribution in [2.45, 2.75) is 25.4 Å². The van der Waals surface area contributed by atoms with E-state index in [2.05, 4.69) is 4.74 Å². The maximum absolute atomic E-state index is 12.0. The SMILES string of the molecule is Cc1cc(S(=O)(=O)Cl)c(C)cc1OC(F)F. The minimum absolute atomic E-state index is 0.0587. The fourth-order valence-electron chi connectivity index (χ4n) is 1.25. The van der Waals surface area contributed by atoms with Gasteiger partial charge in [-0.15, -0.1) is 0 Å². The molecule has 0 saturated heterocycles. The smallest absolute Gasteiger partial charge is 0.387 e. The highest BCUT2D eigenvalue weighted by atomic mass is 35.7. The Morgan fingerprint density at radius 3 is 2.25 bits per heavy atom. The summed E-state index contributed by atoms with van der Waals surface area (Å²) in [6.07, 6.45) is 0. The van der Waals surface area contributed by atoms with Crippen molar-refractivity contribution < 1.29 is 21.9 Å². The highest BCUT2D eigenvalue weighted by Crippen LogP contribution is 2.28. The quantitative estimate of drug-likeness (QED) is 0.793. The number of ether oxygens (including phenoxy) is 1. The molecule has 0 aliphatic carbocycles. The van der Waals surface area contributed by atoms with E-state index in [0.717, 1.165) is 0 Å². The summed E-state index contributed by atoms with van der Waals surface area (Å²) >= 11 is 0. The van der Waals surface area contributed by atoms with Crippen LogP contribution in [0.3, 0.4) is 0 Å². The molecule has 0 bridgehead atoms. The van der Waals surface area contributed by atoms with Crippen molar-refractivity contribution in [2.75, 3.05) is 0 Å². The van der Waals surface area contributed by atoms with Gasteiger partial charge < -0.3 is 4.74 Å². The molecule has 0 fully saturated rings. The molecule has 16 heavy (non-hydrogen) atoms. The fraction of sp³-hybridized carbons (Fsp3) is 0.333. The molecule has 0 unspecified atom stereocenters. The van der Waals surface area contributed by atoms with Gasteiger partial charge in [-0.25, -0.2) is 8.42 Å². The molecule has 0 heterocycles. The van der Waals surface area contributed by atoms with E-state index in [9.17, 15) is 17.2 Å². The molecule has 0 radical (unpaired) electrons. The zero-order valence-electron chi connectivity index (χ0n) is 8.50. The van der Waals surface area contributed by atoms with Crippen LogP contribution >= 0.6 is 10.7 Å². The lowest BCUT2D eigenvalue weighted by molar-refractivity contribution is -0.0503. The Bertz CT molecular complexity index is 500. The number of rotatable bonds is 3. The molecule has 0 aromatic heterocycles. The number of hydrogen-bond acceptors (Lipinski definition) is 3. The number of halogens is 3. The van der Waals surface area contributed by atoms with Crippen molar-refractivity contribution >= 4 is 19.7 Å². The van der Waals surface area contributed by atoms with Gasteiger partial charge in [0.1, 0.15) is 5.75 Å². The Kier molecular flexibility index (Phi) is 3.75. The molecule has 0 N–H and O–H groups in total. The van der Waals surface area contributed by atoms with Gasteiger partial charge in [0.05, 0.1) is 4.90 Å². The van der Waals surface area contributed by atoms with Gasteiger partial charge >= 0.3 is 6.61 Å². The lowest BCUT2D eigenvalue weighted by Crippen LogP contribution is -2.05. The average molecular weight is 271 g/mol. The van der Waals surface area contributed by atoms with Gasteiger partial charge in [0.25, 0.3) is 9.05 Å². The predicted octanol–water partition coefficient (Wildman–Crippen LogP) is 2.83. The van der Waals surface area contributed by atoms with Crippen LogP contribution in [0.5, 0.6) is 5.75 Å². The van der Waals surface area contributed by atoms with E-state index in [-0.39, 0.29) is 21.8 Å². The second-order valence-corrected chi connectivity index (χ2v) is 5.73. The van der Waals surface area contributed by atoms with Crippen molar-refractivity contribution in [1.82, 2.24) is 0 Å². The van der Waals surface area contributed by atoms with Crippen molar-refractivity contribution in [1.29, 1.82) is 0 Å². The van der Waals surface area contributed by atoms with Gasteiger partial charge in [0.15, 0.2) is 0 Å². The van der Waals surface area contributed by atoms with Crippen molar-refractivity contribution in [3.8, 4) is 5.75 Å². The number of aryl methyl sites for hydroxylation is 2. The second kappa shape index (κ2) is 4.55. The Morgan fingerprint density at radius 2 is 1.81 bits per heavy atom. The van der Waals surface area contributed by atoms with Crippen LogP contribution in [0, 0.1) is 13.8 Å². The highest BCUT2D eigenvalue weighted by molar-refractivity contribution is 8.13.